The van der Waals surface area contributed by atoms with Crippen molar-refractivity contribution in [2.24, 2.45) is 0 Å². The molecule has 0 unspecified atom stereocenters. The summed E-state index contributed by atoms with van der Waals surface area (Å²) in [5.41, 5.74) is 2.08. The fraction of sp³-hybridized carbons (Fsp3) is 0.647. The van der Waals surface area contributed by atoms with Crippen molar-refractivity contribution in [3.63, 3.8) is 0 Å². The summed E-state index contributed by atoms with van der Waals surface area (Å²) >= 11 is 16.7. The lowest BCUT2D eigenvalue weighted by Gasteiger charge is -2.22. The highest BCUT2D eigenvalue weighted by Gasteiger charge is 2.11. The van der Waals surface area contributed by atoms with E-state index in [9.17, 15) is 10.2 Å². The first-order valence-corrected chi connectivity index (χ1v) is 25.6. The van der Waals surface area contributed by atoms with Gasteiger partial charge in [-0.1, -0.05) is 36.4 Å². The molecular formula is C34H54N2O2S8. The predicted molar refractivity (Wildman–Crippen MR) is 225 cm³/mol. The van der Waals surface area contributed by atoms with Crippen LogP contribution < -0.4 is 0 Å². The Morgan fingerprint density at radius 2 is 0.609 bits per heavy atom. The van der Waals surface area contributed by atoms with Crippen molar-refractivity contribution in [3.05, 3.63) is 59.7 Å². The highest BCUT2D eigenvalue weighted by molar-refractivity contribution is 8.06. The maximum Gasteiger partial charge on any atom is 0.120 e. The van der Waals surface area contributed by atoms with Crippen molar-refractivity contribution < 1.29 is 10.2 Å². The average Bonchev–Trinajstić information content (AvgIpc) is 3.06. The Morgan fingerprint density at radius 1 is 0.370 bits per heavy atom. The monoisotopic (exact) mass is 778 g/mol. The first-order valence-electron chi connectivity index (χ1n) is 16.3. The molecule has 2 aromatic carbocycles. The van der Waals surface area contributed by atoms with E-state index in [1.54, 1.807) is 0 Å². The summed E-state index contributed by atoms with van der Waals surface area (Å²) in [6.07, 6.45) is 0. The van der Waals surface area contributed by atoms with Gasteiger partial charge < -0.3 is 10.2 Å². The zero-order valence-corrected chi connectivity index (χ0v) is 33.8. The van der Waals surface area contributed by atoms with Crippen molar-refractivity contribution in [1.82, 2.24) is 9.80 Å². The Balaban J connectivity index is 1.38. The van der Waals surface area contributed by atoms with E-state index >= 15 is 0 Å². The van der Waals surface area contributed by atoms with Crippen LogP contribution in [0.1, 0.15) is 11.1 Å². The number of thioether (sulfide) groups is 8. The number of phenolic OH excluding ortho intramolecular Hbond substituents is 2. The molecule has 260 valence electrons. The van der Waals surface area contributed by atoms with E-state index in [1.165, 1.54) is 69.0 Å². The molecule has 0 spiro atoms. The van der Waals surface area contributed by atoms with E-state index in [0.29, 0.717) is 11.5 Å². The van der Waals surface area contributed by atoms with E-state index in [4.69, 9.17) is 0 Å². The second-order valence-corrected chi connectivity index (χ2v) is 20.5. The van der Waals surface area contributed by atoms with Gasteiger partial charge in [-0.3, -0.25) is 9.80 Å². The van der Waals surface area contributed by atoms with Crippen LogP contribution in [0, 0.1) is 0 Å². The smallest absolute Gasteiger partial charge is 0.120 e. The fourth-order valence-electron chi connectivity index (χ4n) is 4.61. The van der Waals surface area contributed by atoms with Crippen molar-refractivity contribution in [1.29, 1.82) is 0 Å². The molecule has 1 fully saturated rings. The molecule has 1 aliphatic heterocycles. The van der Waals surface area contributed by atoms with Gasteiger partial charge in [-0.15, -0.1) is 0 Å². The molecule has 46 heavy (non-hydrogen) atoms. The highest BCUT2D eigenvalue weighted by atomic mass is 32.2. The SMILES string of the molecule is Oc1ccccc1CN1CCSCCSCCSCCSCCN(Cc2ccccc2O)CCSCCSCCSCCSCC1. The normalized spacial score (nSPS) is 20.5. The van der Waals surface area contributed by atoms with Crippen molar-refractivity contribution in [2.45, 2.75) is 13.1 Å². The van der Waals surface area contributed by atoms with Gasteiger partial charge in [-0.05, 0) is 12.1 Å². The Labute approximate surface area is 314 Å². The number of hydrogen-bond donors (Lipinski definition) is 2. The molecule has 4 nitrogen and oxygen atoms in total. The predicted octanol–water partition coefficient (Wildman–Crippen LogP) is 8.28. The van der Waals surface area contributed by atoms with Crippen LogP contribution in [0.4, 0.5) is 0 Å². The minimum absolute atomic E-state index is 0.420. The molecule has 0 bridgehead atoms. The summed E-state index contributed by atoms with van der Waals surface area (Å²) < 4.78 is 0. The minimum Gasteiger partial charge on any atom is -0.508 e. The number of hydrogen-bond acceptors (Lipinski definition) is 12. The lowest BCUT2D eigenvalue weighted by atomic mass is 10.2. The Kier molecular flexibility index (Phi) is 25.5. The van der Waals surface area contributed by atoms with Crippen LogP contribution in [0.2, 0.25) is 0 Å². The molecule has 12 heteroatoms. The summed E-state index contributed by atoms with van der Waals surface area (Å²) in [5, 5.41) is 20.6. The van der Waals surface area contributed by atoms with E-state index in [-0.39, 0.29) is 0 Å². The molecule has 1 aliphatic rings. The lowest BCUT2D eigenvalue weighted by Crippen LogP contribution is -2.28. The maximum atomic E-state index is 10.3. The van der Waals surface area contributed by atoms with Crippen molar-refractivity contribution in [3.8, 4) is 11.5 Å². The average molecular weight is 779 g/mol. The van der Waals surface area contributed by atoms with Gasteiger partial charge in [0, 0.05) is 142 Å². The summed E-state index contributed by atoms with van der Waals surface area (Å²) in [6.45, 7) is 5.98. The van der Waals surface area contributed by atoms with Gasteiger partial charge in [0.25, 0.3) is 0 Å². The van der Waals surface area contributed by atoms with Crippen molar-refractivity contribution in [2.75, 3.05) is 118 Å². The van der Waals surface area contributed by atoms with Crippen LogP contribution >= 0.6 is 94.1 Å². The molecule has 0 aliphatic carbocycles. The third-order valence-electron chi connectivity index (χ3n) is 7.21. The molecule has 0 aromatic heterocycles. The Hall–Kier alpha value is 0.760. The molecule has 0 radical (unpaired) electrons. The summed E-state index contributed by atoms with van der Waals surface area (Å²) in [5.74, 6) is 20.2. The maximum absolute atomic E-state index is 10.3. The van der Waals surface area contributed by atoms with E-state index in [1.807, 2.05) is 36.4 Å². The standard InChI is InChI=1S/C34H54N2O2S8/c37-33-7-3-1-5-31(33)29-35-9-13-39-17-21-43-25-27-45-23-19-41-15-11-36(30-32-6-2-4-8-34(32)38)12-16-42-20-24-46-28-26-44-22-18-40-14-10-35/h1-8,37-38H,9-30H2. The number of rotatable bonds is 4. The fourth-order valence-corrected chi connectivity index (χ4v) is 13.4. The molecule has 0 atom stereocenters. The van der Waals surface area contributed by atoms with Crippen molar-refractivity contribution >= 4 is 94.1 Å². The third-order valence-corrected chi connectivity index (χ3v) is 16.6. The summed E-state index contributed by atoms with van der Waals surface area (Å²) in [6, 6.07) is 15.6. The minimum atomic E-state index is 0.420. The van der Waals surface area contributed by atoms with E-state index in [2.05, 4.69) is 116 Å². The number of para-hydroxylation sites is 2. The van der Waals surface area contributed by atoms with Gasteiger partial charge in [-0.25, -0.2) is 0 Å². The first kappa shape index (κ1) is 41.2. The van der Waals surface area contributed by atoms with Crippen LogP contribution in [-0.4, -0.2) is 138 Å². The second kappa shape index (κ2) is 28.5. The van der Waals surface area contributed by atoms with Gasteiger partial charge >= 0.3 is 0 Å². The number of aromatic hydroxyl groups is 2. The topological polar surface area (TPSA) is 46.9 Å². The summed E-state index contributed by atoms with van der Waals surface area (Å²) in [4.78, 5) is 5.06. The molecule has 2 aromatic rings. The first-order chi connectivity index (χ1) is 22.7. The van der Waals surface area contributed by atoms with Gasteiger partial charge in [0.2, 0.25) is 0 Å². The molecule has 3 rings (SSSR count). The van der Waals surface area contributed by atoms with Gasteiger partial charge in [0.15, 0.2) is 0 Å². The molecule has 1 heterocycles. The molecular weight excluding hydrogens is 725 g/mol. The van der Waals surface area contributed by atoms with Crippen LogP contribution in [0.5, 0.6) is 11.5 Å². The molecule has 1 saturated heterocycles. The number of phenols is 2. The van der Waals surface area contributed by atoms with Gasteiger partial charge in [-0.2, -0.15) is 94.1 Å². The zero-order valence-electron chi connectivity index (χ0n) is 27.2. The van der Waals surface area contributed by atoms with Crippen LogP contribution in [0.25, 0.3) is 0 Å². The number of nitrogens with zero attached hydrogens (tertiary/aromatic N) is 2. The number of benzene rings is 2. The van der Waals surface area contributed by atoms with Gasteiger partial charge in [0.05, 0.1) is 0 Å². The molecule has 2 N–H and O–H groups in total. The molecule has 0 amide bonds. The van der Waals surface area contributed by atoms with Crippen LogP contribution in [0.3, 0.4) is 0 Å². The molecule has 0 saturated carbocycles. The quantitative estimate of drug-likeness (QED) is 0.314. The highest BCUT2D eigenvalue weighted by Crippen LogP contribution is 2.21. The van der Waals surface area contributed by atoms with Crippen LogP contribution in [0.15, 0.2) is 48.5 Å². The zero-order chi connectivity index (χ0) is 32.3. The Morgan fingerprint density at radius 3 is 0.870 bits per heavy atom. The largest absolute Gasteiger partial charge is 0.508 e. The lowest BCUT2D eigenvalue weighted by molar-refractivity contribution is 0.295. The summed E-state index contributed by atoms with van der Waals surface area (Å²) in [7, 11) is 0. The van der Waals surface area contributed by atoms with Gasteiger partial charge in [0.1, 0.15) is 11.5 Å². The second-order valence-electron chi connectivity index (χ2n) is 10.7. The Bertz CT molecular complexity index is 913. The van der Waals surface area contributed by atoms with Crippen LogP contribution in [-0.2, 0) is 13.1 Å². The third kappa shape index (κ3) is 20.4. The van der Waals surface area contributed by atoms with E-state index in [0.717, 1.165) is 73.4 Å². The van der Waals surface area contributed by atoms with E-state index < -0.39 is 0 Å².